The van der Waals surface area contributed by atoms with Gasteiger partial charge in [-0.3, -0.25) is 14.4 Å². The van der Waals surface area contributed by atoms with Crippen molar-refractivity contribution in [2.24, 2.45) is 5.73 Å². The second-order valence-electron chi connectivity index (χ2n) is 6.11. The molecule has 2 aromatic rings. The van der Waals surface area contributed by atoms with Crippen molar-refractivity contribution in [2.45, 2.75) is 18.2 Å². The predicted molar refractivity (Wildman–Crippen MR) is 108 cm³/mol. The Morgan fingerprint density at radius 1 is 1.03 bits per heavy atom. The number of carbonyl (C=O) groups is 3. The van der Waals surface area contributed by atoms with Gasteiger partial charge in [0.1, 0.15) is 5.82 Å². The van der Waals surface area contributed by atoms with E-state index in [4.69, 9.17) is 5.73 Å². The van der Waals surface area contributed by atoms with E-state index in [9.17, 15) is 27.2 Å². The fraction of sp³-hybridized carbons (Fsp3) is 0.211. The maximum absolute atomic E-state index is 14.2. The van der Waals surface area contributed by atoms with Crippen LogP contribution in [0.5, 0.6) is 0 Å². The fourth-order valence-electron chi connectivity index (χ4n) is 2.49. The number of nitrogens with one attached hydrogen (secondary N) is 3. The van der Waals surface area contributed by atoms with Crippen LogP contribution in [0.15, 0.2) is 47.4 Å². The summed E-state index contributed by atoms with van der Waals surface area (Å²) in [6.07, 6.45) is -0.0570. The van der Waals surface area contributed by atoms with Crippen LogP contribution >= 0.6 is 0 Å². The highest BCUT2D eigenvalue weighted by Crippen LogP contribution is 2.19. The lowest BCUT2D eigenvalue weighted by Crippen LogP contribution is -2.29. The summed E-state index contributed by atoms with van der Waals surface area (Å²) in [5.74, 6) is -3.01. The number of anilines is 1. The van der Waals surface area contributed by atoms with Crippen LogP contribution in [0.25, 0.3) is 0 Å². The number of primary amides is 1. The Bertz CT molecular complexity index is 1070. The summed E-state index contributed by atoms with van der Waals surface area (Å²) >= 11 is 0. The van der Waals surface area contributed by atoms with E-state index in [0.717, 1.165) is 18.2 Å². The molecule has 0 fully saturated rings. The zero-order chi connectivity index (χ0) is 22.3. The van der Waals surface area contributed by atoms with Crippen molar-refractivity contribution in [2.75, 3.05) is 18.4 Å². The monoisotopic (exact) mass is 436 g/mol. The Labute approximate surface area is 172 Å². The standard InChI is InChI=1S/C19H21FN4O5S/c1-2-23-30(28,29)12-7-8-15(20)14(11-12)19(27)24-16-6-4-3-5-13(16)18(26)22-10-9-17(21)25/h3-8,11,23H,2,9-10H2,1H3,(H2,21,25)(H,22,26)(H,24,27). The predicted octanol–water partition coefficient (Wildman–Crippen LogP) is 0.981. The molecule has 9 nitrogen and oxygen atoms in total. The molecule has 0 spiro atoms. The Balaban J connectivity index is 2.27. The Morgan fingerprint density at radius 3 is 2.40 bits per heavy atom. The topological polar surface area (TPSA) is 147 Å². The van der Waals surface area contributed by atoms with E-state index in [1.807, 2.05) is 0 Å². The largest absolute Gasteiger partial charge is 0.370 e. The normalized spacial score (nSPS) is 11.0. The van der Waals surface area contributed by atoms with E-state index < -0.39 is 39.1 Å². The van der Waals surface area contributed by atoms with Crippen molar-refractivity contribution in [3.05, 3.63) is 59.4 Å². The number of sulfonamides is 1. The third kappa shape index (κ3) is 5.84. The molecule has 0 saturated heterocycles. The first-order chi connectivity index (χ1) is 14.2. The molecule has 160 valence electrons. The van der Waals surface area contributed by atoms with Gasteiger partial charge in [-0.1, -0.05) is 19.1 Å². The van der Waals surface area contributed by atoms with E-state index >= 15 is 0 Å². The highest BCUT2D eigenvalue weighted by Gasteiger charge is 2.20. The summed E-state index contributed by atoms with van der Waals surface area (Å²) in [6, 6.07) is 8.81. The number of para-hydroxylation sites is 1. The number of halogens is 1. The van der Waals surface area contributed by atoms with Gasteiger partial charge in [0.25, 0.3) is 11.8 Å². The van der Waals surface area contributed by atoms with Gasteiger partial charge in [-0.25, -0.2) is 17.5 Å². The zero-order valence-corrected chi connectivity index (χ0v) is 16.9. The number of hydrogen-bond donors (Lipinski definition) is 4. The summed E-state index contributed by atoms with van der Waals surface area (Å²) in [5.41, 5.74) is 4.68. The highest BCUT2D eigenvalue weighted by molar-refractivity contribution is 7.89. The molecule has 0 aliphatic carbocycles. The van der Waals surface area contributed by atoms with E-state index in [1.54, 1.807) is 19.1 Å². The maximum atomic E-state index is 14.2. The summed E-state index contributed by atoms with van der Waals surface area (Å²) in [4.78, 5) is 35.4. The van der Waals surface area contributed by atoms with E-state index in [1.165, 1.54) is 12.1 Å². The summed E-state index contributed by atoms with van der Waals surface area (Å²) in [5, 5.41) is 4.90. The lowest BCUT2D eigenvalue weighted by Gasteiger charge is -2.12. The SMILES string of the molecule is CCNS(=O)(=O)c1ccc(F)c(C(=O)Nc2ccccc2C(=O)NCCC(N)=O)c1. The van der Waals surface area contributed by atoms with Crippen LogP contribution in [0.4, 0.5) is 10.1 Å². The van der Waals surface area contributed by atoms with Crippen LogP contribution in [0.3, 0.4) is 0 Å². The number of amides is 3. The van der Waals surface area contributed by atoms with Crippen molar-refractivity contribution < 1.29 is 27.2 Å². The van der Waals surface area contributed by atoms with Gasteiger partial charge < -0.3 is 16.4 Å². The number of nitrogens with two attached hydrogens (primary N) is 1. The average Bonchev–Trinajstić information content (AvgIpc) is 2.68. The molecule has 0 heterocycles. The number of carbonyl (C=O) groups excluding carboxylic acids is 3. The second-order valence-corrected chi connectivity index (χ2v) is 7.88. The van der Waals surface area contributed by atoms with E-state index in [2.05, 4.69) is 15.4 Å². The molecule has 0 aliphatic rings. The molecule has 0 atom stereocenters. The number of rotatable bonds is 9. The smallest absolute Gasteiger partial charge is 0.258 e. The van der Waals surface area contributed by atoms with Crippen molar-refractivity contribution in [1.29, 1.82) is 0 Å². The minimum absolute atomic E-state index is 0.00933. The minimum Gasteiger partial charge on any atom is -0.370 e. The molecule has 2 aromatic carbocycles. The third-order valence-corrected chi connectivity index (χ3v) is 5.45. The van der Waals surface area contributed by atoms with Crippen LogP contribution in [0.1, 0.15) is 34.1 Å². The first-order valence-corrected chi connectivity index (χ1v) is 10.4. The van der Waals surface area contributed by atoms with Gasteiger partial charge in [0, 0.05) is 19.5 Å². The van der Waals surface area contributed by atoms with Crippen LogP contribution < -0.4 is 21.1 Å². The zero-order valence-electron chi connectivity index (χ0n) is 16.1. The molecule has 0 aromatic heterocycles. The van der Waals surface area contributed by atoms with Crippen LogP contribution in [-0.2, 0) is 14.8 Å². The second kappa shape index (κ2) is 9.94. The molecule has 0 bridgehead atoms. The van der Waals surface area contributed by atoms with Gasteiger partial charge in [0.15, 0.2) is 0 Å². The summed E-state index contributed by atoms with van der Waals surface area (Å²) in [6.45, 7) is 1.72. The average molecular weight is 436 g/mol. The molecule has 0 aliphatic heterocycles. The van der Waals surface area contributed by atoms with Gasteiger partial charge >= 0.3 is 0 Å². The lowest BCUT2D eigenvalue weighted by molar-refractivity contribution is -0.117. The van der Waals surface area contributed by atoms with E-state index in [-0.39, 0.29) is 35.7 Å². The number of benzene rings is 2. The van der Waals surface area contributed by atoms with Gasteiger partial charge in [0.2, 0.25) is 15.9 Å². The number of hydrogen-bond acceptors (Lipinski definition) is 5. The fourth-order valence-corrected chi connectivity index (χ4v) is 3.56. The van der Waals surface area contributed by atoms with Crippen molar-refractivity contribution >= 4 is 33.4 Å². The molecular formula is C19H21FN4O5S. The third-order valence-electron chi connectivity index (χ3n) is 3.90. The van der Waals surface area contributed by atoms with Crippen molar-refractivity contribution in [3.63, 3.8) is 0 Å². The van der Waals surface area contributed by atoms with Gasteiger partial charge in [0.05, 0.1) is 21.7 Å². The van der Waals surface area contributed by atoms with Crippen LogP contribution in [-0.4, -0.2) is 39.2 Å². The first-order valence-electron chi connectivity index (χ1n) is 8.91. The quantitative estimate of drug-likeness (QED) is 0.463. The van der Waals surface area contributed by atoms with Crippen molar-refractivity contribution in [3.8, 4) is 0 Å². The molecule has 0 radical (unpaired) electrons. The minimum atomic E-state index is -3.89. The Hall–Kier alpha value is -3.31. The molecule has 30 heavy (non-hydrogen) atoms. The van der Waals surface area contributed by atoms with Crippen LogP contribution in [0, 0.1) is 5.82 Å². The van der Waals surface area contributed by atoms with Crippen LogP contribution in [0.2, 0.25) is 0 Å². The molecule has 3 amide bonds. The van der Waals surface area contributed by atoms with E-state index in [0.29, 0.717) is 0 Å². The molecule has 5 N–H and O–H groups in total. The molecule has 2 rings (SSSR count). The Morgan fingerprint density at radius 2 is 1.73 bits per heavy atom. The van der Waals surface area contributed by atoms with Gasteiger partial charge in [-0.2, -0.15) is 0 Å². The summed E-state index contributed by atoms with van der Waals surface area (Å²) in [7, 11) is -3.89. The van der Waals surface area contributed by atoms with Gasteiger partial charge in [-0.05, 0) is 30.3 Å². The maximum Gasteiger partial charge on any atom is 0.258 e. The summed E-state index contributed by atoms with van der Waals surface area (Å²) < 4.78 is 40.7. The highest BCUT2D eigenvalue weighted by atomic mass is 32.2. The van der Waals surface area contributed by atoms with Crippen molar-refractivity contribution in [1.82, 2.24) is 10.0 Å². The Kier molecular flexibility index (Phi) is 7.61. The molecule has 0 unspecified atom stereocenters. The first kappa shape index (κ1) is 23.0. The molecular weight excluding hydrogens is 415 g/mol. The molecule has 11 heteroatoms. The van der Waals surface area contributed by atoms with Gasteiger partial charge in [-0.15, -0.1) is 0 Å². The lowest BCUT2D eigenvalue weighted by atomic mass is 10.1. The molecule has 0 saturated carbocycles.